The smallest absolute Gasteiger partial charge is 0.0838 e. The molecule has 1 rings (SSSR count). The zero-order chi connectivity index (χ0) is 11.1. The lowest BCUT2D eigenvalue weighted by Crippen LogP contribution is -2.43. The highest BCUT2D eigenvalue weighted by Crippen LogP contribution is 2.20. The van der Waals surface area contributed by atoms with Crippen LogP contribution in [0.3, 0.4) is 0 Å². The van der Waals surface area contributed by atoms with Gasteiger partial charge in [-0.25, -0.2) is 0 Å². The summed E-state index contributed by atoms with van der Waals surface area (Å²) >= 11 is 0. The molecule has 0 aromatic heterocycles. The Labute approximate surface area is 93.5 Å². The van der Waals surface area contributed by atoms with Crippen LogP contribution in [-0.4, -0.2) is 38.0 Å². The highest BCUT2D eigenvalue weighted by molar-refractivity contribution is 4.79. The second-order valence-corrected chi connectivity index (χ2v) is 4.58. The summed E-state index contributed by atoms with van der Waals surface area (Å²) in [6.45, 7) is 10.2. The Balaban J connectivity index is 2.29. The Morgan fingerprint density at radius 2 is 2.27 bits per heavy atom. The van der Waals surface area contributed by atoms with Crippen molar-refractivity contribution < 1.29 is 9.47 Å². The van der Waals surface area contributed by atoms with E-state index < -0.39 is 0 Å². The van der Waals surface area contributed by atoms with Crippen LogP contribution in [0.2, 0.25) is 0 Å². The zero-order valence-corrected chi connectivity index (χ0v) is 10.3. The van der Waals surface area contributed by atoms with Crippen molar-refractivity contribution in [1.82, 2.24) is 5.32 Å². The van der Waals surface area contributed by atoms with Crippen LogP contribution in [-0.2, 0) is 9.47 Å². The number of hydrogen-bond donors (Lipinski definition) is 1. The molecular formula is C12H25NO2. The van der Waals surface area contributed by atoms with E-state index in [1.807, 2.05) is 0 Å². The summed E-state index contributed by atoms with van der Waals surface area (Å²) in [6.07, 6.45) is 3.56. The van der Waals surface area contributed by atoms with E-state index in [1.165, 1.54) is 6.42 Å². The topological polar surface area (TPSA) is 30.5 Å². The summed E-state index contributed by atoms with van der Waals surface area (Å²) in [6, 6.07) is 0. The third-order valence-corrected chi connectivity index (χ3v) is 3.01. The van der Waals surface area contributed by atoms with Gasteiger partial charge in [0.25, 0.3) is 0 Å². The molecule has 0 amide bonds. The van der Waals surface area contributed by atoms with E-state index in [4.69, 9.17) is 9.47 Å². The molecule has 1 heterocycles. The third-order valence-electron chi connectivity index (χ3n) is 3.01. The molecule has 0 spiro atoms. The zero-order valence-electron chi connectivity index (χ0n) is 10.3. The van der Waals surface area contributed by atoms with Crippen molar-refractivity contribution in [2.24, 2.45) is 0 Å². The number of rotatable bonds is 7. The summed E-state index contributed by atoms with van der Waals surface area (Å²) in [4.78, 5) is 0. The molecule has 3 heteroatoms. The van der Waals surface area contributed by atoms with Crippen LogP contribution in [0.15, 0.2) is 0 Å². The van der Waals surface area contributed by atoms with Gasteiger partial charge in [-0.1, -0.05) is 13.8 Å². The van der Waals surface area contributed by atoms with Gasteiger partial charge in [0.2, 0.25) is 0 Å². The van der Waals surface area contributed by atoms with Crippen molar-refractivity contribution in [3.05, 3.63) is 0 Å². The molecule has 1 aliphatic rings. The van der Waals surface area contributed by atoms with Crippen LogP contribution in [0.1, 0.15) is 40.0 Å². The first-order valence-electron chi connectivity index (χ1n) is 6.16. The Hall–Kier alpha value is -0.120. The van der Waals surface area contributed by atoms with E-state index in [9.17, 15) is 0 Å². The number of nitrogens with one attached hydrogen (secondary N) is 1. The van der Waals surface area contributed by atoms with Crippen molar-refractivity contribution >= 4 is 0 Å². The van der Waals surface area contributed by atoms with E-state index in [2.05, 4.69) is 26.1 Å². The predicted octanol–water partition coefficient (Wildman–Crippen LogP) is 1.96. The first kappa shape index (κ1) is 12.9. The molecule has 3 nitrogen and oxygen atoms in total. The van der Waals surface area contributed by atoms with E-state index in [-0.39, 0.29) is 5.60 Å². The average molecular weight is 215 g/mol. The minimum atomic E-state index is -0.0342. The van der Waals surface area contributed by atoms with Gasteiger partial charge < -0.3 is 14.8 Å². The molecular weight excluding hydrogens is 190 g/mol. The highest BCUT2D eigenvalue weighted by atomic mass is 16.6. The molecule has 0 saturated carbocycles. The fourth-order valence-electron chi connectivity index (χ4n) is 1.79. The second kappa shape index (κ2) is 6.46. The Morgan fingerprint density at radius 1 is 1.47 bits per heavy atom. The van der Waals surface area contributed by atoms with E-state index in [0.29, 0.717) is 6.10 Å². The van der Waals surface area contributed by atoms with Gasteiger partial charge in [0.15, 0.2) is 0 Å². The molecule has 90 valence electrons. The second-order valence-electron chi connectivity index (χ2n) is 4.58. The van der Waals surface area contributed by atoms with E-state index >= 15 is 0 Å². The largest absolute Gasteiger partial charge is 0.379 e. The quantitative estimate of drug-likeness (QED) is 0.659. The van der Waals surface area contributed by atoms with Gasteiger partial charge in [0, 0.05) is 13.2 Å². The fraction of sp³-hybridized carbons (Fsp3) is 1.00. The molecule has 0 radical (unpaired) electrons. The maximum atomic E-state index is 6.11. The number of hydrogen-bond acceptors (Lipinski definition) is 3. The van der Waals surface area contributed by atoms with Gasteiger partial charge in [0.05, 0.1) is 18.3 Å². The van der Waals surface area contributed by atoms with Gasteiger partial charge in [-0.2, -0.15) is 0 Å². The predicted molar refractivity (Wildman–Crippen MR) is 62.2 cm³/mol. The molecule has 2 unspecified atom stereocenters. The van der Waals surface area contributed by atoms with Crippen molar-refractivity contribution in [2.75, 3.05) is 26.3 Å². The molecule has 1 saturated heterocycles. The summed E-state index contributed by atoms with van der Waals surface area (Å²) in [5, 5.41) is 3.43. The van der Waals surface area contributed by atoms with Gasteiger partial charge in [0.1, 0.15) is 0 Å². The maximum Gasteiger partial charge on any atom is 0.0838 e. The first-order valence-corrected chi connectivity index (χ1v) is 6.16. The lowest BCUT2D eigenvalue weighted by molar-refractivity contribution is -0.0835. The van der Waals surface area contributed by atoms with Crippen molar-refractivity contribution in [2.45, 2.75) is 51.7 Å². The fourth-order valence-corrected chi connectivity index (χ4v) is 1.79. The van der Waals surface area contributed by atoms with E-state index in [1.54, 1.807) is 0 Å². The third kappa shape index (κ3) is 4.49. The normalized spacial score (nSPS) is 25.4. The van der Waals surface area contributed by atoms with Gasteiger partial charge in [-0.05, 0) is 32.7 Å². The summed E-state index contributed by atoms with van der Waals surface area (Å²) < 4.78 is 11.4. The molecule has 0 aliphatic carbocycles. The lowest BCUT2D eigenvalue weighted by Gasteiger charge is -2.31. The molecule has 2 atom stereocenters. The average Bonchev–Trinajstić information content (AvgIpc) is 2.71. The highest BCUT2D eigenvalue weighted by Gasteiger charge is 2.28. The van der Waals surface area contributed by atoms with Crippen molar-refractivity contribution in [3.8, 4) is 0 Å². The van der Waals surface area contributed by atoms with Crippen molar-refractivity contribution in [1.29, 1.82) is 0 Å². The molecule has 1 aliphatic heterocycles. The minimum absolute atomic E-state index is 0.0342. The van der Waals surface area contributed by atoms with Crippen LogP contribution in [0.25, 0.3) is 0 Å². The summed E-state index contributed by atoms with van der Waals surface area (Å²) in [5.74, 6) is 0. The Kier molecular flexibility index (Phi) is 5.58. The Morgan fingerprint density at radius 3 is 2.80 bits per heavy atom. The maximum absolute atomic E-state index is 6.11. The van der Waals surface area contributed by atoms with Gasteiger partial charge in [-0.15, -0.1) is 0 Å². The van der Waals surface area contributed by atoms with Crippen LogP contribution >= 0.6 is 0 Å². The van der Waals surface area contributed by atoms with Crippen LogP contribution in [0.5, 0.6) is 0 Å². The van der Waals surface area contributed by atoms with Gasteiger partial charge in [-0.3, -0.25) is 0 Å². The SMILES string of the molecule is CCCNCC(C)(CC)OC1CCOC1. The van der Waals surface area contributed by atoms with Crippen LogP contribution in [0, 0.1) is 0 Å². The first-order chi connectivity index (χ1) is 7.20. The minimum Gasteiger partial charge on any atom is -0.379 e. The number of ether oxygens (including phenoxy) is 2. The van der Waals surface area contributed by atoms with Crippen LogP contribution in [0.4, 0.5) is 0 Å². The van der Waals surface area contributed by atoms with Gasteiger partial charge >= 0.3 is 0 Å². The molecule has 15 heavy (non-hydrogen) atoms. The monoisotopic (exact) mass is 215 g/mol. The Bertz CT molecular complexity index is 169. The van der Waals surface area contributed by atoms with Crippen LogP contribution < -0.4 is 5.32 Å². The lowest BCUT2D eigenvalue weighted by atomic mass is 10.0. The summed E-state index contributed by atoms with van der Waals surface area (Å²) in [7, 11) is 0. The molecule has 1 fully saturated rings. The molecule has 0 bridgehead atoms. The molecule has 0 aromatic rings. The molecule has 0 aromatic carbocycles. The standard InChI is InChI=1S/C12H25NO2/c1-4-7-13-10-12(3,5-2)15-11-6-8-14-9-11/h11,13H,4-10H2,1-3H3. The molecule has 1 N–H and O–H groups in total. The van der Waals surface area contributed by atoms with Crippen molar-refractivity contribution in [3.63, 3.8) is 0 Å². The summed E-state index contributed by atoms with van der Waals surface area (Å²) in [5.41, 5.74) is -0.0342. The van der Waals surface area contributed by atoms with E-state index in [0.717, 1.165) is 39.1 Å².